The number of hydrogen-bond acceptors (Lipinski definition) is 5. The van der Waals surface area contributed by atoms with Crippen LogP contribution in [0.15, 0.2) is 18.2 Å². The molecule has 1 aliphatic carbocycles. The summed E-state index contributed by atoms with van der Waals surface area (Å²) in [6.07, 6.45) is 5.07. The van der Waals surface area contributed by atoms with Gasteiger partial charge in [0.25, 0.3) is 0 Å². The molecule has 0 fully saturated rings. The molecular weight excluding hydrogens is 320 g/mol. The smallest absolute Gasteiger partial charge is 0.134 e. The van der Waals surface area contributed by atoms with E-state index >= 15 is 0 Å². The second-order valence-electron chi connectivity index (χ2n) is 6.01. The lowest BCUT2D eigenvalue weighted by Gasteiger charge is -2.15. The summed E-state index contributed by atoms with van der Waals surface area (Å²) in [5.41, 5.74) is 2.54. The summed E-state index contributed by atoms with van der Waals surface area (Å²) in [5, 5.41) is 10.4. The van der Waals surface area contributed by atoms with Gasteiger partial charge < -0.3 is 9.47 Å². The number of aryl methyl sites for hydroxylation is 1. The largest absolute Gasteiger partial charge is 0.497 e. The first-order valence-electron chi connectivity index (χ1n) is 7.97. The van der Waals surface area contributed by atoms with Crippen molar-refractivity contribution in [1.29, 1.82) is 5.26 Å². The fourth-order valence-corrected chi connectivity index (χ4v) is 4.14. The van der Waals surface area contributed by atoms with Crippen LogP contribution < -0.4 is 9.47 Å². The maximum atomic E-state index is 9.62. The standard InChI is InChI=1S/C19H20N2O2S/c1-12-4-6-16-18(8-12)24-19(21-16)14(11-20)9-13-10-15(22-2)5-7-17(13)23-3/h5,7,9-10,12H,4,6,8H2,1-3H3/b14-9+/t12-/m1/s1. The molecule has 1 aromatic heterocycles. The van der Waals surface area contributed by atoms with Gasteiger partial charge in [0.1, 0.15) is 22.6 Å². The second kappa shape index (κ2) is 7.06. The highest BCUT2D eigenvalue weighted by Gasteiger charge is 2.21. The highest BCUT2D eigenvalue weighted by Crippen LogP contribution is 2.34. The van der Waals surface area contributed by atoms with Crippen LogP contribution in [0.1, 0.15) is 34.5 Å². The second-order valence-corrected chi connectivity index (χ2v) is 7.10. The lowest BCUT2D eigenvalue weighted by molar-refractivity contribution is 0.402. The predicted molar refractivity (Wildman–Crippen MR) is 96.3 cm³/mol. The molecule has 0 aliphatic heterocycles. The van der Waals surface area contributed by atoms with Gasteiger partial charge in [-0.05, 0) is 49.5 Å². The van der Waals surface area contributed by atoms with Crippen LogP contribution in [0, 0.1) is 17.2 Å². The Bertz CT molecular complexity index is 817. The van der Waals surface area contributed by atoms with Gasteiger partial charge in [-0.1, -0.05) is 6.92 Å². The van der Waals surface area contributed by atoms with E-state index in [-0.39, 0.29) is 0 Å². The Kier molecular flexibility index (Phi) is 4.86. The first kappa shape index (κ1) is 16.5. The molecule has 1 aromatic carbocycles. The number of thiazole rings is 1. The van der Waals surface area contributed by atoms with Gasteiger partial charge in [-0.3, -0.25) is 0 Å². The third-order valence-corrected chi connectivity index (χ3v) is 5.43. The Labute approximate surface area is 146 Å². The number of nitriles is 1. The van der Waals surface area contributed by atoms with Crippen molar-refractivity contribution in [2.24, 2.45) is 5.92 Å². The number of allylic oxidation sites excluding steroid dienone is 1. The van der Waals surface area contributed by atoms with E-state index in [1.165, 1.54) is 11.3 Å². The van der Waals surface area contributed by atoms with E-state index in [1.807, 2.05) is 24.3 Å². The topological polar surface area (TPSA) is 55.1 Å². The molecule has 0 saturated heterocycles. The Morgan fingerprint density at radius 3 is 2.92 bits per heavy atom. The SMILES string of the molecule is COc1ccc(OC)c(/C=C(\C#N)c2nc3c(s2)C[C@H](C)CC3)c1. The van der Waals surface area contributed by atoms with Crippen molar-refractivity contribution in [3.05, 3.63) is 39.3 Å². The molecule has 1 aliphatic rings. The van der Waals surface area contributed by atoms with E-state index in [9.17, 15) is 5.26 Å². The number of ether oxygens (including phenoxy) is 2. The van der Waals surface area contributed by atoms with Gasteiger partial charge in [-0.2, -0.15) is 5.26 Å². The molecular formula is C19H20N2O2S. The molecule has 0 unspecified atom stereocenters. The van der Waals surface area contributed by atoms with Crippen molar-refractivity contribution in [3.8, 4) is 17.6 Å². The summed E-state index contributed by atoms with van der Waals surface area (Å²) in [4.78, 5) is 6.03. The van der Waals surface area contributed by atoms with Crippen LogP contribution >= 0.6 is 11.3 Å². The molecule has 0 amide bonds. The Hall–Kier alpha value is -2.32. The Morgan fingerprint density at radius 1 is 1.38 bits per heavy atom. The van der Waals surface area contributed by atoms with Crippen molar-refractivity contribution < 1.29 is 9.47 Å². The summed E-state index contributed by atoms with van der Waals surface area (Å²) < 4.78 is 10.7. The summed E-state index contributed by atoms with van der Waals surface area (Å²) in [5.74, 6) is 2.13. The van der Waals surface area contributed by atoms with Crippen molar-refractivity contribution >= 4 is 23.0 Å². The van der Waals surface area contributed by atoms with Gasteiger partial charge in [-0.25, -0.2) is 4.98 Å². The Morgan fingerprint density at radius 2 is 2.21 bits per heavy atom. The van der Waals surface area contributed by atoms with E-state index in [0.29, 0.717) is 17.2 Å². The van der Waals surface area contributed by atoms with E-state index in [4.69, 9.17) is 14.5 Å². The van der Waals surface area contributed by atoms with Gasteiger partial charge in [-0.15, -0.1) is 11.3 Å². The Balaban J connectivity index is 2.00. The molecule has 0 N–H and O–H groups in total. The number of fused-ring (bicyclic) bond motifs is 1. The van der Waals surface area contributed by atoms with E-state index in [1.54, 1.807) is 25.6 Å². The zero-order valence-corrected chi connectivity index (χ0v) is 14.9. The monoisotopic (exact) mass is 340 g/mol. The highest BCUT2D eigenvalue weighted by molar-refractivity contribution is 7.13. The third-order valence-electron chi connectivity index (χ3n) is 4.27. The fraction of sp³-hybridized carbons (Fsp3) is 0.368. The van der Waals surface area contributed by atoms with E-state index in [2.05, 4.69) is 13.0 Å². The zero-order chi connectivity index (χ0) is 17.1. The highest BCUT2D eigenvalue weighted by atomic mass is 32.1. The minimum absolute atomic E-state index is 0.564. The van der Waals surface area contributed by atoms with Crippen LogP contribution in [0.2, 0.25) is 0 Å². The average Bonchev–Trinajstić information content (AvgIpc) is 3.02. The lowest BCUT2D eigenvalue weighted by Crippen LogP contribution is -2.09. The maximum absolute atomic E-state index is 9.62. The van der Waals surface area contributed by atoms with E-state index < -0.39 is 0 Å². The van der Waals surface area contributed by atoms with Crippen LogP contribution in [0.25, 0.3) is 11.6 Å². The molecule has 4 nitrogen and oxygen atoms in total. The number of methoxy groups -OCH3 is 2. The maximum Gasteiger partial charge on any atom is 0.134 e. The van der Waals surface area contributed by atoms with Crippen molar-refractivity contribution in [1.82, 2.24) is 4.98 Å². The minimum atomic E-state index is 0.564. The predicted octanol–water partition coefficient (Wildman–Crippen LogP) is 4.35. The van der Waals surface area contributed by atoms with Crippen molar-refractivity contribution in [2.75, 3.05) is 14.2 Å². The summed E-state index contributed by atoms with van der Waals surface area (Å²) in [6.45, 7) is 2.27. The molecule has 124 valence electrons. The molecule has 0 radical (unpaired) electrons. The molecule has 0 saturated carbocycles. The van der Waals surface area contributed by atoms with Crippen LogP contribution in [-0.2, 0) is 12.8 Å². The lowest BCUT2D eigenvalue weighted by atomic mass is 9.93. The van der Waals surface area contributed by atoms with Crippen molar-refractivity contribution in [2.45, 2.75) is 26.2 Å². The number of benzene rings is 1. The van der Waals surface area contributed by atoms with Crippen LogP contribution in [0.3, 0.4) is 0 Å². The van der Waals surface area contributed by atoms with Gasteiger partial charge in [0.15, 0.2) is 0 Å². The number of aromatic nitrogens is 1. The molecule has 2 aromatic rings. The van der Waals surface area contributed by atoms with Gasteiger partial charge >= 0.3 is 0 Å². The summed E-state index contributed by atoms with van der Waals surface area (Å²) >= 11 is 1.64. The van der Waals surface area contributed by atoms with Gasteiger partial charge in [0, 0.05) is 10.4 Å². The van der Waals surface area contributed by atoms with E-state index in [0.717, 1.165) is 34.9 Å². The minimum Gasteiger partial charge on any atom is -0.497 e. The molecule has 24 heavy (non-hydrogen) atoms. The first-order valence-corrected chi connectivity index (χ1v) is 8.79. The quantitative estimate of drug-likeness (QED) is 0.777. The van der Waals surface area contributed by atoms with Crippen LogP contribution in [0.4, 0.5) is 0 Å². The van der Waals surface area contributed by atoms with Gasteiger partial charge in [0.05, 0.1) is 25.5 Å². The van der Waals surface area contributed by atoms with Crippen LogP contribution in [0.5, 0.6) is 11.5 Å². The van der Waals surface area contributed by atoms with Crippen molar-refractivity contribution in [3.63, 3.8) is 0 Å². The first-order chi connectivity index (χ1) is 11.6. The van der Waals surface area contributed by atoms with Crippen LogP contribution in [-0.4, -0.2) is 19.2 Å². The number of hydrogen-bond donors (Lipinski definition) is 0. The summed E-state index contributed by atoms with van der Waals surface area (Å²) in [7, 11) is 3.24. The molecule has 3 rings (SSSR count). The number of rotatable bonds is 4. The normalized spacial score (nSPS) is 17.1. The number of nitrogens with zero attached hydrogens (tertiary/aromatic N) is 2. The zero-order valence-electron chi connectivity index (χ0n) is 14.1. The average molecular weight is 340 g/mol. The summed E-state index contributed by atoms with van der Waals surface area (Å²) in [6, 6.07) is 7.84. The fourth-order valence-electron chi connectivity index (χ4n) is 2.90. The molecule has 0 bridgehead atoms. The molecule has 0 spiro atoms. The third kappa shape index (κ3) is 3.29. The molecule has 1 heterocycles. The van der Waals surface area contributed by atoms with Gasteiger partial charge in [0.2, 0.25) is 0 Å². The molecule has 1 atom stereocenters. The molecule has 5 heteroatoms.